The Bertz CT molecular complexity index is 852. The summed E-state index contributed by atoms with van der Waals surface area (Å²) in [4.78, 5) is 18.3. The standard InChI is InChI=1S/C18H17N3O3S/c1-12-2-4-15(5-3-12)23-10-16(22)21-8-14(9-21)18-19-17(20-24-18)13-6-7-25-11-13/h2-7,11,14H,8-10H2,1H3. The topological polar surface area (TPSA) is 68.5 Å². The second-order valence-electron chi connectivity index (χ2n) is 6.07. The molecule has 0 unspecified atom stereocenters. The maximum absolute atomic E-state index is 12.2. The molecule has 7 heteroatoms. The van der Waals surface area contributed by atoms with Crippen molar-refractivity contribution in [1.29, 1.82) is 0 Å². The fourth-order valence-electron chi connectivity index (χ4n) is 2.62. The molecule has 1 aliphatic rings. The SMILES string of the molecule is Cc1ccc(OCC(=O)N2CC(c3nc(-c4ccsc4)no3)C2)cc1. The van der Waals surface area contributed by atoms with Gasteiger partial charge in [-0.05, 0) is 30.5 Å². The molecule has 6 nitrogen and oxygen atoms in total. The van der Waals surface area contributed by atoms with Crippen molar-refractivity contribution >= 4 is 17.2 Å². The predicted molar refractivity (Wildman–Crippen MR) is 93.6 cm³/mol. The number of benzene rings is 1. The maximum atomic E-state index is 12.2. The largest absolute Gasteiger partial charge is 0.484 e. The highest BCUT2D eigenvalue weighted by molar-refractivity contribution is 7.08. The summed E-state index contributed by atoms with van der Waals surface area (Å²) in [7, 11) is 0. The highest BCUT2D eigenvalue weighted by Gasteiger charge is 2.35. The van der Waals surface area contributed by atoms with Crippen LogP contribution < -0.4 is 4.74 Å². The lowest BCUT2D eigenvalue weighted by molar-refractivity contribution is -0.138. The van der Waals surface area contributed by atoms with Crippen molar-refractivity contribution < 1.29 is 14.1 Å². The van der Waals surface area contributed by atoms with Crippen molar-refractivity contribution in [3.05, 3.63) is 52.5 Å². The Hall–Kier alpha value is -2.67. The lowest BCUT2D eigenvalue weighted by Gasteiger charge is -2.36. The minimum absolute atomic E-state index is 0.0330. The molecule has 1 aliphatic heterocycles. The molecule has 3 aromatic rings. The molecule has 3 heterocycles. The monoisotopic (exact) mass is 355 g/mol. The van der Waals surface area contributed by atoms with Crippen molar-refractivity contribution in [3.63, 3.8) is 0 Å². The van der Waals surface area contributed by atoms with Crippen molar-refractivity contribution in [2.24, 2.45) is 0 Å². The van der Waals surface area contributed by atoms with Crippen LogP contribution in [-0.2, 0) is 4.79 Å². The molecule has 0 saturated carbocycles. The lowest BCUT2D eigenvalue weighted by atomic mass is 10.0. The van der Waals surface area contributed by atoms with E-state index < -0.39 is 0 Å². The number of hydrogen-bond donors (Lipinski definition) is 0. The van der Waals surface area contributed by atoms with Gasteiger partial charge in [0.05, 0.1) is 5.92 Å². The van der Waals surface area contributed by atoms with Crippen molar-refractivity contribution in [3.8, 4) is 17.1 Å². The third-order valence-corrected chi connectivity index (χ3v) is 4.87. The van der Waals surface area contributed by atoms with E-state index in [1.165, 1.54) is 0 Å². The first kappa shape index (κ1) is 15.8. The molecular weight excluding hydrogens is 338 g/mol. The first-order valence-electron chi connectivity index (χ1n) is 8.02. The van der Waals surface area contributed by atoms with Crippen LogP contribution in [0.3, 0.4) is 0 Å². The molecule has 1 amide bonds. The molecule has 0 bridgehead atoms. The van der Waals surface area contributed by atoms with Crippen LogP contribution in [-0.4, -0.2) is 40.6 Å². The van der Waals surface area contributed by atoms with Crippen LogP contribution in [0.15, 0.2) is 45.6 Å². The number of nitrogens with zero attached hydrogens (tertiary/aromatic N) is 3. The fraction of sp³-hybridized carbons (Fsp3) is 0.278. The normalized spacial score (nSPS) is 14.4. The van der Waals surface area contributed by atoms with E-state index in [1.54, 1.807) is 16.2 Å². The average Bonchev–Trinajstić information content (AvgIpc) is 3.24. The Balaban J connectivity index is 1.28. The van der Waals surface area contributed by atoms with Crippen LogP contribution in [0.2, 0.25) is 0 Å². The van der Waals surface area contributed by atoms with Gasteiger partial charge >= 0.3 is 0 Å². The lowest BCUT2D eigenvalue weighted by Crippen LogP contribution is -2.50. The van der Waals surface area contributed by atoms with Crippen LogP contribution in [0.5, 0.6) is 5.75 Å². The first-order chi connectivity index (χ1) is 12.2. The van der Waals surface area contributed by atoms with Gasteiger partial charge in [-0.1, -0.05) is 22.9 Å². The molecular formula is C18H17N3O3S. The highest BCUT2D eigenvalue weighted by Crippen LogP contribution is 2.28. The van der Waals surface area contributed by atoms with Crippen LogP contribution in [0.1, 0.15) is 17.4 Å². The van der Waals surface area contributed by atoms with E-state index in [0.717, 1.165) is 11.1 Å². The van der Waals surface area contributed by atoms with Gasteiger partial charge in [-0.3, -0.25) is 4.79 Å². The van der Waals surface area contributed by atoms with Crippen LogP contribution in [0, 0.1) is 6.92 Å². The van der Waals surface area contributed by atoms with Crippen molar-refractivity contribution in [1.82, 2.24) is 15.0 Å². The van der Waals surface area contributed by atoms with E-state index in [4.69, 9.17) is 9.26 Å². The summed E-state index contributed by atoms with van der Waals surface area (Å²) in [5.74, 6) is 1.96. The smallest absolute Gasteiger partial charge is 0.260 e. The summed E-state index contributed by atoms with van der Waals surface area (Å²) in [5.41, 5.74) is 2.12. The van der Waals surface area contributed by atoms with Gasteiger partial charge in [0, 0.05) is 24.0 Å². The Morgan fingerprint density at radius 1 is 1.32 bits per heavy atom. The van der Waals surface area contributed by atoms with Gasteiger partial charge in [0.2, 0.25) is 11.7 Å². The number of ether oxygens (including phenoxy) is 1. The quantitative estimate of drug-likeness (QED) is 0.703. The molecule has 1 saturated heterocycles. The number of amides is 1. The zero-order valence-corrected chi connectivity index (χ0v) is 14.5. The molecule has 0 aliphatic carbocycles. The molecule has 0 spiro atoms. The fourth-order valence-corrected chi connectivity index (χ4v) is 3.25. The zero-order chi connectivity index (χ0) is 17.2. The summed E-state index contributed by atoms with van der Waals surface area (Å²) in [5, 5.41) is 7.96. The number of carbonyl (C=O) groups is 1. The van der Waals surface area contributed by atoms with Gasteiger partial charge in [-0.2, -0.15) is 16.3 Å². The Morgan fingerprint density at radius 2 is 2.12 bits per heavy atom. The second kappa shape index (κ2) is 6.68. The average molecular weight is 355 g/mol. The minimum Gasteiger partial charge on any atom is -0.484 e. The third kappa shape index (κ3) is 3.41. The number of hydrogen-bond acceptors (Lipinski definition) is 6. The number of thiophene rings is 1. The molecule has 25 heavy (non-hydrogen) atoms. The number of rotatable bonds is 5. The second-order valence-corrected chi connectivity index (χ2v) is 6.85. The summed E-state index contributed by atoms with van der Waals surface area (Å²) in [6, 6.07) is 9.61. The summed E-state index contributed by atoms with van der Waals surface area (Å²) in [6.45, 7) is 3.22. The molecule has 4 rings (SSSR count). The molecule has 0 radical (unpaired) electrons. The zero-order valence-electron chi connectivity index (χ0n) is 13.7. The van der Waals surface area contributed by atoms with Crippen molar-refractivity contribution in [2.45, 2.75) is 12.8 Å². The predicted octanol–water partition coefficient (Wildman–Crippen LogP) is 3.11. The number of likely N-dealkylation sites (tertiary alicyclic amines) is 1. The number of carbonyl (C=O) groups excluding carboxylic acids is 1. The van der Waals surface area contributed by atoms with Crippen molar-refractivity contribution in [2.75, 3.05) is 19.7 Å². The van der Waals surface area contributed by atoms with Gasteiger partial charge in [0.1, 0.15) is 5.75 Å². The van der Waals surface area contributed by atoms with Gasteiger partial charge in [0.15, 0.2) is 6.61 Å². The van der Waals surface area contributed by atoms with Crippen LogP contribution in [0.25, 0.3) is 11.4 Å². The molecule has 1 fully saturated rings. The van der Waals surface area contributed by atoms with E-state index in [0.29, 0.717) is 30.6 Å². The van der Waals surface area contributed by atoms with Crippen LogP contribution in [0.4, 0.5) is 0 Å². The van der Waals surface area contributed by atoms with Gasteiger partial charge < -0.3 is 14.2 Å². The Morgan fingerprint density at radius 3 is 2.84 bits per heavy atom. The first-order valence-corrected chi connectivity index (χ1v) is 8.97. The van der Waals surface area contributed by atoms with Crippen LogP contribution >= 0.6 is 11.3 Å². The highest BCUT2D eigenvalue weighted by atomic mass is 32.1. The molecule has 0 atom stereocenters. The maximum Gasteiger partial charge on any atom is 0.260 e. The van der Waals surface area contributed by atoms with Gasteiger partial charge in [0.25, 0.3) is 5.91 Å². The Labute approximate surface area is 149 Å². The molecule has 1 aromatic carbocycles. The molecule has 0 N–H and O–H groups in total. The number of aromatic nitrogens is 2. The summed E-state index contributed by atoms with van der Waals surface area (Å²) in [6.07, 6.45) is 0. The molecule has 128 valence electrons. The van der Waals surface area contributed by atoms with E-state index in [1.807, 2.05) is 48.0 Å². The minimum atomic E-state index is -0.0330. The number of aryl methyl sites for hydroxylation is 1. The van der Waals surface area contributed by atoms with E-state index in [2.05, 4.69) is 10.1 Å². The van der Waals surface area contributed by atoms with Gasteiger partial charge in [-0.15, -0.1) is 0 Å². The van der Waals surface area contributed by atoms with Gasteiger partial charge in [-0.25, -0.2) is 0 Å². The van der Waals surface area contributed by atoms with E-state index in [-0.39, 0.29) is 18.4 Å². The summed E-state index contributed by atoms with van der Waals surface area (Å²) < 4.78 is 10.9. The third-order valence-electron chi connectivity index (χ3n) is 4.19. The summed E-state index contributed by atoms with van der Waals surface area (Å²) >= 11 is 1.59. The molecule has 2 aromatic heterocycles. The van der Waals surface area contributed by atoms with E-state index in [9.17, 15) is 4.79 Å². The van der Waals surface area contributed by atoms with E-state index >= 15 is 0 Å². The Kier molecular flexibility index (Phi) is 4.23.